The van der Waals surface area contributed by atoms with Crippen molar-refractivity contribution in [1.29, 1.82) is 0 Å². The number of nitrogens with two attached hydrogens (primary N) is 2. The molecule has 0 aliphatic carbocycles. The second kappa shape index (κ2) is 5.00. The lowest BCUT2D eigenvalue weighted by Crippen LogP contribution is -2.06. The number of pyridine rings is 1. The minimum absolute atomic E-state index is 0.467. The second-order valence-corrected chi connectivity index (χ2v) is 4.95. The molecule has 1 aromatic heterocycles. The van der Waals surface area contributed by atoms with Crippen LogP contribution in [-0.2, 0) is 6.42 Å². The van der Waals surface area contributed by atoms with E-state index in [1.807, 2.05) is 19.1 Å². The predicted molar refractivity (Wildman–Crippen MR) is 89.6 cm³/mol. The van der Waals surface area contributed by atoms with Crippen LogP contribution in [-0.4, -0.2) is 4.98 Å². The number of nitrogen functional groups attached to an aromatic ring is 2. The van der Waals surface area contributed by atoms with E-state index in [1.54, 1.807) is 0 Å². The summed E-state index contributed by atoms with van der Waals surface area (Å²) in [6.07, 6.45) is 4.66. The third-order valence-electron chi connectivity index (χ3n) is 3.97. The van der Waals surface area contributed by atoms with Crippen molar-refractivity contribution in [1.82, 2.24) is 4.98 Å². The Balaban J connectivity index is 3.21. The van der Waals surface area contributed by atoms with Gasteiger partial charge in [0.25, 0.3) is 0 Å². The Kier molecular flexibility index (Phi) is 3.53. The van der Waals surface area contributed by atoms with Gasteiger partial charge in [0.1, 0.15) is 11.6 Å². The van der Waals surface area contributed by atoms with Gasteiger partial charge in [0.15, 0.2) is 0 Å². The first-order valence-corrected chi connectivity index (χ1v) is 6.73. The molecule has 0 bridgehead atoms. The average Bonchev–Trinajstić information content (AvgIpc) is 2.43. The monoisotopic (exact) mass is 267 g/mol. The summed E-state index contributed by atoms with van der Waals surface area (Å²) in [6.45, 7) is 14.1. The molecule has 4 N–H and O–H groups in total. The maximum Gasteiger partial charge on any atom is 0.134 e. The zero-order valence-electron chi connectivity index (χ0n) is 12.4. The second-order valence-electron chi connectivity index (χ2n) is 4.95. The van der Waals surface area contributed by atoms with Gasteiger partial charge in [-0.25, -0.2) is 4.98 Å². The normalized spacial score (nSPS) is 10.8. The van der Waals surface area contributed by atoms with Crippen LogP contribution in [0.25, 0.3) is 22.9 Å². The first-order chi connectivity index (χ1) is 9.47. The third kappa shape index (κ3) is 1.78. The summed E-state index contributed by atoms with van der Waals surface area (Å²) in [4.78, 5) is 4.26. The van der Waals surface area contributed by atoms with Crippen LogP contribution in [0.4, 0.5) is 11.6 Å². The minimum Gasteiger partial charge on any atom is -0.383 e. The molecule has 20 heavy (non-hydrogen) atoms. The molecular weight excluding hydrogens is 246 g/mol. The summed E-state index contributed by atoms with van der Waals surface area (Å²) in [5.74, 6) is 0.945. The molecule has 0 fully saturated rings. The molecule has 0 unspecified atom stereocenters. The molecule has 0 saturated carbocycles. The van der Waals surface area contributed by atoms with Crippen LogP contribution < -0.4 is 11.5 Å². The van der Waals surface area contributed by atoms with E-state index in [0.717, 1.165) is 39.4 Å². The van der Waals surface area contributed by atoms with Gasteiger partial charge in [0, 0.05) is 5.39 Å². The van der Waals surface area contributed by atoms with Crippen molar-refractivity contribution in [2.24, 2.45) is 0 Å². The van der Waals surface area contributed by atoms with E-state index in [-0.39, 0.29) is 0 Å². The van der Waals surface area contributed by atoms with Crippen LogP contribution in [0.1, 0.15) is 34.7 Å². The lowest BCUT2D eigenvalue weighted by Gasteiger charge is -2.19. The summed E-state index contributed by atoms with van der Waals surface area (Å²) in [5.41, 5.74) is 17.6. The first-order valence-electron chi connectivity index (χ1n) is 6.73. The Labute approximate surface area is 120 Å². The zero-order chi connectivity index (χ0) is 15.0. The topological polar surface area (TPSA) is 64.9 Å². The summed E-state index contributed by atoms with van der Waals surface area (Å²) in [6, 6.07) is 0. The van der Waals surface area contributed by atoms with Crippen molar-refractivity contribution in [3.05, 3.63) is 41.0 Å². The molecule has 0 amide bonds. The Bertz CT molecular complexity index is 727. The highest BCUT2D eigenvalue weighted by Gasteiger charge is 2.18. The Morgan fingerprint density at radius 2 is 1.55 bits per heavy atom. The summed E-state index contributed by atoms with van der Waals surface area (Å²) >= 11 is 0. The lowest BCUT2D eigenvalue weighted by molar-refractivity contribution is 1.12. The number of aryl methyl sites for hydroxylation is 2. The molecule has 3 nitrogen and oxygen atoms in total. The fraction of sp³-hybridized carbons (Fsp3) is 0.235. The highest BCUT2D eigenvalue weighted by atomic mass is 14.9. The van der Waals surface area contributed by atoms with Crippen LogP contribution >= 0.6 is 0 Å². The van der Waals surface area contributed by atoms with Crippen molar-refractivity contribution in [2.45, 2.75) is 27.2 Å². The van der Waals surface area contributed by atoms with E-state index in [2.05, 4.69) is 32.0 Å². The van der Waals surface area contributed by atoms with Gasteiger partial charge in [0.05, 0.1) is 0 Å². The van der Waals surface area contributed by atoms with Crippen LogP contribution in [0, 0.1) is 13.8 Å². The van der Waals surface area contributed by atoms with E-state index >= 15 is 0 Å². The fourth-order valence-electron chi connectivity index (χ4n) is 2.97. The van der Waals surface area contributed by atoms with E-state index < -0.39 is 0 Å². The Morgan fingerprint density at radius 3 is 2.05 bits per heavy atom. The van der Waals surface area contributed by atoms with Crippen molar-refractivity contribution in [2.75, 3.05) is 11.5 Å². The molecule has 2 aromatic rings. The smallest absolute Gasteiger partial charge is 0.134 e. The van der Waals surface area contributed by atoms with E-state index in [4.69, 9.17) is 11.5 Å². The fourth-order valence-corrected chi connectivity index (χ4v) is 2.97. The van der Waals surface area contributed by atoms with Crippen LogP contribution in [0.3, 0.4) is 0 Å². The molecule has 0 aliphatic heterocycles. The summed E-state index contributed by atoms with van der Waals surface area (Å²) < 4.78 is 0. The largest absolute Gasteiger partial charge is 0.383 e. The number of fused-ring (bicyclic) bond motifs is 1. The van der Waals surface area contributed by atoms with Crippen LogP contribution in [0.5, 0.6) is 0 Å². The molecule has 1 aromatic carbocycles. The number of rotatable bonds is 3. The molecule has 0 saturated heterocycles. The third-order valence-corrected chi connectivity index (χ3v) is 3.97. The molecule has 1 heterocycles. The predicted octanol–water partition coefficient (Wildman–Crippen LogP) is 3.86. The Morgan fingerprint density at radius 1 is 0.950 bits per heavy atom. The van der Waals surface area contributed by atoms with Crippen molar-refractivity contribution in [3.8, 4) is 0 Å². The molecule has 3 heteroatoms. The summed E-state index contributed by atoms with van der Waals surface area (Å²) in [7, 11) is 0. The molecule has 0 radical (unpaired) electrons. The molecule has 0 aliphatic rings. The van der Waals surface area contributed by atoms with Crippen LogP contribution in [0.15, 0.2) is 13.2 Å². The standard InChI is InChI=1S/C17H21N3/c1-6-11-9(4)15-14(13(8-3)12(11)7-2)10(5)16(18)20-17(15)19/h6,8H,1,3,7H2,2,4-5H3,(H4,18,19,20). The van der Waals surface area contributed by atoms with Gasteiger partial charge in [0.2, 0.25) is 0 Å². The maximum atomic E-state index is 6.11. The summed E-state index contributed by atoms with van der Waals surface area (Å²) in [5, 5.41) is 2.02. The van der Waals surface area contributed by atoms with Gasteiger partial charge < -0.3 is 11.5 Å². The maximum absolute atomic E-state index is 6.11. The minimum atomic E-state index is 0.467. The van der Waals surface area contributed by atoms with Crippen molar-refractivity contribution < 1.29 is 0 Å². The van der Waals surface area contributed by atoms with Gasteiger partial charge in [-0.05, 0) is 53.5 Å². The van der Waals surface area contributed by atoms with Crippen LogP contribution in [0.2, 0.25) is 0 Å². The molecule has 0 atom stereocenters. The molecule has 2 rings (SSSR count). The zero-order valence-corrected chi connectivity index (χ0v) is 12.4. The number of aromatic nitrogens is 1. The number of hydrogen-bond acceptors (Lipinski definition) is 3. The molecule has 104 valence electrons. The van der Waals surface area contributed by atoms with Gasteiger partial charge in [-0.1, -0.05) is 32.2 Å². The van der Waals surface area contributed by atoms with Gasteiger partial charge in [-0.15, -0.1) is 0 Å². The van der Waals surface area contributed by atoms with Crippen molar-refractivity contribution >= 4 is 34.6 Å². The van der Waals surface area contributed by atoms with E-state index in [0.29, 0.717) is 11.6 Å². The molecule has 0 spiro atoms. The SMILES string of the molecule is C=Cc1c(CC)c(C=C)c2c(C)c(N)nc(N)c2c1C. The lowest BCUT2D eigenvalue weighted by atomic mass is 9.87. The highest BCUT2D eigenvalue weighted by Crippen LogP contribution is 2.37. The number of benzene rings is 1. The first kappa shape index (κ1) is 14.1. The van der Waals surface area contributed by atoms with Crippen molar-refractivity contribution in [3.63, 3.8) is 0 Å². The number of hydrogen-bond donors (Lipinski definition) is 2. The molecular formula is C17H21N3. The average molecular weight is 267 g/mol. The van der Waals surface area contributed by atoms with E-state index in [9.17, 15) is 0 Å². The number of anilines is 2. The van der Waals surface area contributed by atoms with Gasteiger partial charge in [-0.2, -0.15) is 0 Å². The van der Waals surface area contributed by atoms with E-state index in [1.165, 1.54) is 5.56 Å². The Hall–Kier alpha value is -2.29. The quantitative estimate of drug-likeness (QED) is 0.887. The number of nitrogens with zero attached hydrogens (tertiary/aromatic N) is 1. The highest BCUT2D eigenvalue weighted by molar-refractivity contribution is 6.05. The van der Waals surface area contributed by atoms with Gasteiger partial charge in [-0.3, -0.25) is 0 Å². The van der Waals surface area contributed by atoms with Gasteiger partial charge >= 0.3 is 0 Å².